The Balaban J connectivity index is 1.64. The van der Waals surface area contributed by atoms with Gasteiger partial charge in [0.15, 0.2) is 0 Å². The van der Waals surface area contributed by atoms with Crippen LogP contribution in [0.5, 0.6) is 0 Å². The Bertz CT molecular complexity index is 700. The van der Waals surface area contributed by atoms with Crippen molar-refractivity contribution < 1.29 is 15.0 Å². The van der Waals surface area contributed by atoms with Gasteiger partial charge in [-0.3, -0.25) is 4.79 Å². The molecule has 5 nitrogen and oxygen atoms in total. The second kappa shape index (κ2) is 6.95. The highest BCUT2D eigenvalue weighted by Crippen LogP contribution is 2.29. The molecule has 23 heavy (non-hydrogen) atoms. The number of hydrogen-bond acceptors (Lipinski definition) is 4. The van der Waals surface area contributed by atoms with Gasteiger partial charge in [0.05, 0.1) is 18.5 Å². The predicted molar refractivity (Wildman–Crippen MR) is 91.4 cm³/mol. The summed E-state index contributed by atoms with van der Waals surface area (Å²) in [4.78, 5) is 15.3. The molecule has 0 saturated carbocycles. The molecule has 2 heterocycles. The average Bonchev–Trinajstić information content (AvgIpc) is 2.90. The Morgan fingerprint density at radius 3 is 2.96 bits per heavy atom. The van der Waals surface area contributed by atoms with Crippen LogP contribution in [0.4, 0.5) is 0 Å². The first-order valence-corrected chi connectivity index (χ1v) is 8.82. The zero-order valence-electron chi connectivity index (χ0n) is 13.2. The number of fused-ring (bicyclic) bond motifs is 1. The first kappa shape index (κ1) is 16.4. The van der Waals surface area contributed by atoms with Gasteiger partial charge in [0, 0.05) is 48.1 Å². The Hall–Kier alpha value is -1.50. The van der Waals surface area contributed by atoms with Crippen LogP contribution in [-0.4, -0.2) is 57.1 Å². The highest BCUT2D eigenvalue weighted by molar-refractivity contribution is 8.00. The maximum Gasteiger partial charge on any atom is 0.232 e. The molecule has 3 rings (SSSR count). The van der Waals surface area contributed by atoms with Gasteiger partial charge in [0.1, 0.15) is 0 Å². The minimum atomic E-state index is -0.505. The molecule has 0 aliphatic carbocycles. The van der Waals surface area contributed by atoms with Gasteiger partial charge in [-0.25, -0.2) is 0 Å². The van der Waals surface area contributed by atoms with Crippen LogP contribution < -0.4 is 0 Å². The van der Waals surface area contributed by atoms with E-state index in [0.717, 1.165) is 15.8 Å². The summed E-state index contributed by atoms with van der Waals surface area (Å²) in [6.45, 7) is 0.917. The first-order valence-electron chi connectivity index (χ1n) is 7.83. The van der Waals surface area contributed by atoms with Gasteiger partial charge in [0.2, 0.25) is 5.91 Å². The van der Waals surface area contributed by atoms with Crippen molar-refractivity contribution >= 4 is 28.6 Å². The van der Waals surface area contributed by atoms with Crippen molar-refractivity contribution in [2.45, 2.75) is 17.4 Å². The number of amides is 1. The Labute approximate surface area is 139 Å². The van der Waals surface area contributed by atoms with Crippen molar-refractivity contribution in [3.05, 3.63) is 30.5 Å². The predicted octanol–water partition coefficient (Wildman–Crippen LogP) is 1.47. The van der Waals surface area contributed by atoms with Gasteiger partial charge in [-0.15, -0.1) is 11.8 Å². The molecular weight excluding hydrogens is 312 g/mol. The van der Waals surface area contributed by atoms with E-state index in [2.05, 4.69) is 22.9 Å². The molecular formula is C17H22N2O3S. The molecule has 1 fully saturated rings. The third-order valence-corrected chi connectivity index (χ3v) is 5.52. The van der Waals surface area contributed by atoms with Crippen molar-refractivity contribution in [3.8, 4) is 0 Å². The summed E-state index contributed by atoms with van der Waals surface area (Å²) >= 11 is 1.55. The number of carbonyl (C=O) groups is 1. The fourth-order valence-corrected chi connectivity index (χ4v) is 4.10. The number of carbonyl (C=O) groups excluding carboxylic acids is 1. The molecule has 1 aliphatic rings. The van der Waals surface area contributed by atoms with E-state index in [1.165, 1.54) is 0 Å². The number of hydrogen-bond donors (Lipinski definition) is 2. The van der Waals surface area contributed by atoms with E-state index < -0.39 is 6.10 Å². The molecule has 1 saturated heterocycles. The standard InChI is InChI=1S/C17H22N2O3S/c1-18-9-16(13-4-2-3-5-14(13)18)23-11-17(22)19-7-6-15(21)12(8-19)10-20/h2-5,9,12,15,20-21H,6-8,10-11H2,1H3/t12-,15-/m0/s1. The van der Waals surface area contributed by atoms with Crippen LogP contribution in [0, 0.1) is 5.92 Å². The summed E-state index contributed by atoms with van der Waals surface area (Å²) < 4.78 is 2.07. The molecule has 1 amide bonds. The number of aliphatic hydroxyl groups excluding tert-OH is 2. The number of thioether (sulfide) groups is 1. The molecule has 0 spiro atoms. The molecule has 2 N–H and O–H groups in total. The molecule has 1 aliphatic heterocycles. The van der Waals surface area contributed by atoms with E-state index in [1.54, 1.807) is 16.7 Å². The van der Waals surface area contributed by atoms with Crippen LogP contribution in [0.1, 0.15) is 6.42 Å². The molecule has 2 aromatic rings. The lowest BCUT2D eigenvalue weighted by molar-refractivity contribution is -0.132. The summed E-state index contributed by atoms with van der Waals surface area (Å²) in [6, 6.07) is 8.16. The lowest BCUT2D eigenvalue weighted by Gasteiger charge is -2.35. The number of piperidine rings is 1. The topological polar surface area (TPSA) is 65.7 Å². The van der Waals surface area contributed by atoms with Gasteiger partial charge in [-0.1, -0.05) is 18.2 Å². The Kier molecular flexibility index (Phi) is 4.94. The zero-order valence-corrected chi connectivity index (χ0v) is 14.0. The van der Waals surface area contributed by atoms with Crippen LogP contribution >= 0.6 is 11.8 Å². The number of benzene rings is 1. The van der Waals surface area contributed by atoms with Gasteiger partial charge >= 0.3 is 0 Å². The number of likely N-dealkylation sites (tertiary alicyclic amines) is 1. The normalized spacial score (nSPS) is 21.8. The third-order valence-electron chi connectivity index (χ3n) is 4.49. The number of aryl methyl sites for hydroxylation is 1. The minimum Gasteiger partial charge on any atom is -0.396 e. The number of nitrogens with zero attached hydrogens (tertiary/aromatic N) is 2. The molecule has 2 atom stereocenters. The monoisotopic (exact) mass is 334 g/mol. The van der Waals surface area contributed by atoms with Crippen LogP contribution in [-0.2, 0) is 11.8 Å². The molecule has 1 aromatic heterocycles. The first-order chi connectivity index (χ1) is 11.1. The Morgan fingerprint density at radius 1 is 1.39 bits per heavy atom. The van der Waals surface area contributed by atoms with E-state index in [0.29, 0.717) is 25.3 Å². The highest BCUT2D eigenvalue weighted by atomic mass is 32.2. The second-order valence-electron chi connectivity index (χ2n) is 6.05. The smallest absolute Gasteiger partial charge is 0.232 e. The van der Waals surface area contributed by atoms with Gasteiger partial charge in [-0.2, -0.15) is 0 Å². The maximum atomic E-state index is 12.4. The summed E-state index contributed by atoms with van der Waals surface area (Å²) in [6.07, 6.45) is 2.09. The van der Waals surface area contributed by atoms with E-state index >= 15 is 0 Å². The molecule has 1 aromatic carbocycles. The van der Waals surface area contributed by atoms with E-state index in [1.807, 2.05) is 19.2 Å². The highest BCUT2D eigenvalue weighted by Gasteiger charge is 2.29. The van der Waals surface area contributed by atoms with Crippen LogP contribution in [0.2, 0.25) is 0 Å². The largest absolute Gasteiger partial charge is 0.396 e. The number of para-hydroxylation sites is 1. The summed E-state index contributed by atoms with van der Waals surface area (Å²) in [5, 5.41) is 20.2. The number of rotatable bonds is 4. The lowest BCUT2D eigenvalue weighted by atomic mass is 9.95. The van der Waals surface area contributed by atoms with Crippen molar-refractivity contribution in [3.63, 3.8) is 0 Å². The SMILES string of the molecule is Cn1cc(SCC(=O)N2CC[C@H](O)[C@H](CO)C2)c2ccccc21. The lowest BCUT2D eigenvalue weighted by Crippen LogP contribution is -2.47. The van der Waals surface area contributed by atoms with Crippen molar-refractivity contribution in [1.29, 1.82) is 0 Å². The maximum absolute atomic E-state index is 12.4. The summed E-state index contributed by atoms with van der Waals surface area (Å²) in [5.74, 6) is 0.214. The van der Waals surface area contributed by atoms with Crippen LogP contribution in [0.3, 0.4) is 0 Å². The summed E-state index contributed by atoms with van der Waals surface area (Å²) in [5.41, 5.74) is 1.16. The molecule has 0 bridgehead atoms. The quantitative estimate of drug-likeness (QED) is 0.831. The van der Waals surface area contributed by atoms with Gasteiger partial charge in [0.25, 0.3) is 0 Å². The number of aromatic nitrogens is 1. The average molecular weight is 334 g/mol. The fourth-order valence-electron chi connectivity index (χ4n) is 3.08. The zero-order chi connectivity index (χ0) is 16.4. The van der Waals surface area contributed by atoms with Gasteiger partial charge < -0.3 is 19.7 Å². The van der Waals surface area contributed by atoms with E-state index in [9.17, 15) is 15.0 Å². The van der Waals surface area contributed by atoms with Crippen LogP contribution in [0.25, 0.3) is 10.9 Å². The molecule has 6 heteroatoms. The van der Waals surface area contributed by atoms with Crippen molar-refractivity contribution in [2.75, 3.05) is 25.4 Å². The minimum absolute atomic E-state index is 0.0632. The molecule has 0 radical (unpaired) electrons. The summed E-state index contributed by atoms with van der Waals surface area (Å²) in [7, 11) is 2.01. The Morgan fingerprint density at radius 2 is 2.17 bits per heavy atom. The second-order valence-corrected chi connectivity index (χ2v) is 7.07. The molecule has 124 valence electrons. The van der Waals surface area contributed by atoms with Crippen molar-refractivity contribution in [2.24, 2.45) is 13.0 Å². The molecule has 0 unspecified atom stereocenters. The van der Waals surface area contributed by atoms with Gasteiger partial charge in [-0.05, 0) is 12.5 Å². The van der Waals surface area contributed by atoms with E-state index in [-0.39, 0.29) is 18.4 Å². The van der Waals surface area contributed by atoms with E-state index in [4.69, 9.17) is 0 Å². The fraction of sp³-hybridized carbons (Fsp3) is 0.471. The third kappa shape index (κ3) is 3.39. The van der Waals surface area contributed by atoms with Crippen molar-refractivity contribution in [1.82, 2.24) is 9.47 Å². The number of aliphatic hydroxyl groups is 2. The van der Waals surface area contributed by atoms with Crippen LogP contribution in [0.15, 0.2) is 35.4 Å².